The number of morpholine rings is 1. The summed E-state index contributed by atoms with van der Waals surface area (Å²) >= 11 is 3.58. The molecule has 2 aromatic rings. The molecule has 0 unspecified atom stereocenters. The molecule has 0 atom stereocenters. The molecule has 2 aliphatic rings. The summed E-state index contributed by atoms with van der Waals surface area (Å²) in [4.78, 5) is 19.8. The van der Waals surface area contributed by atoms with Crippen molar-refractivity contribution in [2.24, 2.45) is 0 Å². The van der Waals surface area contributed by atoms with E-state index in [4.69, 9.17) is 9.47 Å². The first-order valence-corrected chi connectivity index (χ1v) is 10.9. The molecular formula is C22H26BrN3O3. The number of halogens is 1. The average Bonchev–Trinajstić information content (AvgIpc) is 2.79. The molecular weight excluding hydrogens is 434 g/mol. The summed E-state index contributed by atoms with van der Waals surface area (Å²) in [6.45, 7) is 4.78. The average molecular weight is 460 g/mol. The Morgan fingerprint density at radius 2 is 1.86 bits per heavy atom. The van der Waals surface area contributed by atoms with Gasteiger partial charge in [-0.2, -0.15) is 0 Å². The van der Waals surface area contributed by atoms with Gasteiger partial charge < -0.3 is 19.7 Å². The number of nitrogens with zero attached hydrogens (tertiary/aromatic N) is 2. The Morgan fingerprint density at radius 1 is 1.10 bits per heavy atom. The van der Waals surface area contributed by atoms with E-state index in [9.17, 15) is 4.79 Å². The number of pyridine rings is 1. The molecule has 7 heteroatoms. The summed E-state index contributed by atoms with van der Waals surface area (Å²) < 4.78 is 12.1. The maximum Gasteiger partial charge on any atom is 0.255 e. The molecule has 2 saturated heterocycles. The third-order valence-corrected chi connectivity index (χ3v) is 6.31. The van der Waals surface area contributed by atoms with E-state index in [1.165, 1.54) is 5.56 Å². The highest BCUT2D eigenvalue weighted by molar-refractivity contribution is 9.10. The molecule has 1 amide bonds. The van der Waals surface area contributed by atoms with Crippen LogP contribution in [0, 0.1) is 0 Å². The van der Waals surface area contributed by atoms with Crippen molar-refractivity contribution < 1.29 is 14.3 Å². The van der Waals surface area contributed by atoms with Crippen molar-refractivity contribution in [3.8, 4) is 0 Å². The molecule has 6 nitrogen and oxygen atoms in total. The van der Waals surface area contributed by atoms with Gasteiger partial charge in [0.05, 0.1) is 18.8 Å². The van der Waals surface area contributed by atoms with Crippen LogP contribution in [0.25, 0.3) is 0 Å². The number of hydrogen-bond acceptors (Lipinski definition) is 5. The standard InChI is InChI=1S/C22H26BrN3O3/c23-18-4-1-3-17(15-18)22(6-11-28-12-7-22)16-25-21(27)19-5-2-8-24-20(19)26-9-13-29-14-10-26/h1-5,8,15H,6-7,9-14,16H2,(H,25,27). The fraction of sp³-hybridized carbons (Fsp3) is 0.455. The summed E-state index contributed by atoms with van der Waals surface area (Å²) in [5.41, 5.74) is 1.72. The lowest BCUT2D eigenvalue weighted by molar-refractivity contribution is 0.0487. The minimum absolute atomic E-state index is 0.0829. The lowest BCUT2D eigenvalue weighted by Gasteiger charge is -2.38. The highest BCUT2D eigenvalue weighted by Gasteiger charge is 2.35. The molecule has 154 valence electrons. The molecule has 0 aliphatic carbocycles. The zero-order valence-electron chi connectivity index (χ0n) is 16.4. The highest BCUT2D eigenvalue weighted by atomic mass is 79.9. The molecule has 4 rings (SSSR count). The number of anilines is 1. The monoisotopic (exact) mass is 459 g/mol. The van der Waals surface area contributed by atoms with Crippen molar-refractivity contribution in [3.05, 3.63) is 58.2 Å². The Bertz CT molecular complexity index is 849. The van der Waals surface area contributed by atoms with Crippen LogP contribution in [0.1, 0.15) is 28.8 Å². The number of carbonyl (C=O) groups excluding carboxylic acids is 1. The Morgan fingerprint density at radius 3 is 2.62 bits per heavy atom. The lowest BCUT2D eigenvalue weighted by atomic mass is 9.74. The van der Waals surface area contributed by atoms with E-state index in [0.29, 0.717) is 38.5 Å². The SMILES string of the molecule is O=C(NCC1(c2cccc(Br)c2)CCOCC1)c1cccnc1N1CCOCC1. The molecule has 29 heavy (non-hydrogen) atoms. The van der Waals surface area contributed by atoms with Crippen LogP contribution >= 0.6 is 15.9 Å². The van der Waals surface area contributed by atoms with Crippen molar-refractivity contribution >= 4 is 27.7 Å². The van der Waals surface area contributed by atoms with Crippen molar-refractivity contribution in [2.45, 2.75) is 18.3 Å². The maximum atomic E-state index is 13.1. The third-order valence-electron chi connectivity index (χ3n) is 5.82. The second-order valence-corrected chi connectivity index (χ2v) is 8.48. The van der Waals surface area contributed by atoms with E-state index in [0.717, 1.165) is 36.2 Å². The predicted molar refractivity (Wildman–Crippen MR) is 115 cm³/mol. The second-order valence-electron chi connectivity index (χ2n) is 7.56. The Labute approximate surface area is 179 Å². The fourth-order valence-corrected chi connectivity index (χ4v) is 4.49. The molecule has 1 aromatic heterocycles. The van der Waals surface area contributed by atoms with Gasteiger partial charge >= 0.3 is 0 Å². The van der Waals surface area contributed by atoms with Gasteiger partial charge in [-0.25, -0.2) is 4.98 Å². The summed E-state index contributed by atoms with van der Waals surface area (Å²) in [5, 5.41) is 3.20. The highest BCUT2D eigenvalue weighted by Crippen LogP contribution is 2.35. The van der Waals surface area contributed by atoms with Crippen molar-refractivity contribution in [1.29, 1.82) is 0 Å². The molecule has 0 bridgehead atoms. The van der Waals surface area contributed by atoms with Crippen LogP contribution < -0.4 is 10.2 Å². The first-order chi connectivity index (χ1) is 14.2. The molecule has 2 fully saturated rings. The van der Waals surface area contributed by atoms with E-state index in [1.807, 2.05) is 18.2 Å². The number of rotatable bonds is 5. The second kappa shape index (κ2) is 9.24. The number of amides is 1. The number of nitrogens with one attached hydrogen (secondary N) is 1. The Balaban J connectivity index is 1.53. The third kappa shape index (κ3) is 4.63. The van der Waals surface area contributed by atoms with Gasteiger partial charge in [0.15, 0.2) is 0 Å². The Hall–Kier alpha value is -1.96. The van der Waals surface area contributed by atoms with Gasteiger partial charge in [-0.05, 0) is 42.7 Å². The van der Waals surface area contributed by atoms with Crippen molar-refractivity contribution in [1.82, 2.24) is 10.3 Å². The number of aromatic nitrogens is 1. The molecule has 1 N–H and O–H groups in total. The number of benzene rings is 1. The predicted octanol–water partition coefficient (Wildman–Crippen LogP) is 3.16. The van der Waals surface area contributed by atoms with E-state index < -0.39 is 0 Å². The van der Waals surface area contributed by atoms with Gasteiger partial charge in [-0.1, -0.05) is 28.1 Å². The molecule has 0 saturated carbocycles. The smallest absolute Gasteiger partial charge is 0.255 e. The van der Waals surface area contributed by atoms with Gasteiger partial charge in [0.2, 0.25) is 0 Å². The van der Waals surface area contributed by atoms with Gasteiger partial charge in [-0.3, -0.25) is 4.79 Å². The Kier molecular flexibility index (Phi) is 6.47. The summed E-state index contributed by atoms with van der Waals surface area (Å²) in [6, 6.07) is 12.0. The zero-order valence-corrected chi connectivity index (χ0v) is 18.0. The minimum Gasteiger partial charge on any atom is -0.381 e. The number of carbonyl (C=O) groups is 1. The van der Waals surface area contributed by atoms with Crippen LogP contribution in [0.5, 0.6) is 0 Å². The molecule has 2 aliphatic heterocycles. The van der Waals surface area contributed by atoms with E-state index >= 15 is 0 Å². The normalized spacial score (nSPS) is 19.0. The minimum atomic E-state index is -0.126. The summed E-state index contributed by atoms with van der Waals surface area (Å²) in [7, 11) is 0. The van der Waals surface area contributed by atoms with E-state index in [-0.39, 0.29) is 11.3 Å². The van der Waals surface area contributed by atoms with Crippen molar-refractivity contribution in [2.75, 3.05) is 51.0 Å². The maximum absolute atomic E-state index is 13.1. The first kappa shape index (κ1) is 20.3. The van der Waals surface area contributed by atoms with Gasteiger partial charge in [0, 0.05) is 48.9 Å². The topological polar surface area (TPSA) is 63.7 Å². The first-order valence-electron chi connectivity index (χ1n) is 10.1. The van der Waals surface area contributed by atoms with Crippen LogP contribution in [0.3, 0.4) is 0 Å². The molecule has 0 spiro atoms. The summed E-state index contributed by atoms with van der Waals surface area (Å²) in [5.74, 6) is 0.650. The van der Waals surface area contributed by atoms with E-state index in [2.05, 4.69) is 49.3 Å². The van der Waals surface area contributed by atoms with Crippen LogP contribution in [0.4, 0.5) is 5.82 Å². The van der Waals surface area contributed by atoms with Crippen LogP contribution in [-0.4, -0.2) is 57.0 Å². The molecule has 0 radical (unpaired) electrons. The van der Waals surface area contributed by atoms with Crippen LogP contribution in [0.2, 0.25) is 0 Å². The van der Waals surface area contributed by atoms with Crippen LogP contribution in [-0.2, 0) is 14.9 Å². The van der Waals surface area contributed by atoms with Crippen molar-refractivity contribution in [3.63, 3.8) is 0 Å². The fourth-order valence-electron chi connectivity index (χ4n) is 4.09. The van der Waals surface area contributed by atoms with Gasteiger partial charge in [-0.15, -0.1) is 0 Å². The van der Waals surface area contributed by atoms with E-state index in [1.54, 1.807) is 6.20 Å². The van der Waals surface area contributed by atoms with Crippen LogP contribution in [0.15, 0.2) is 47.1 Å². The van der Waals surface area contributed by atoms with Gasteiger partial charge in [0.1, 0.15) is 5.82 Å². The number of hydrogen-bond donors (Lipinski definition) is 1. The molecule has 3 heterocycles. The summed E-state index contributed by atoms with van der Waals surface area (Å²) in [6.07, 6.45) is 3.50. The lowest BCUT2D eigenvalue weighted by Crippen LogP contribution is -2.45. The number of ether oxygens (including phenoxy) is 2. The largest absolute Gasteiger partial charge is 0.381 e. The zero-order chi connectivity index (χ0) is 20.1. The molecule has 1 aromatic carbocycles. The van der Waals surface area contributed by atoms with Gasteiger partial charge in [0.25, 0.3) is 5.91 Å². The quantitative estimate of drug-likeness (QED) is 0.743.